The van der Waals surface area contributed by atoms with Gasteiger partial charge < -0.3 is 4.57 Å². The summed E-state index contributed by atoms with van der Waals surface area (Å²) in [5.74, 6) is 0. The van der Waals surface area contributed by atoms with E-state index in [9.17, 15) is 0 Å². The van der Waals surface area contributed by atoms with Gasteiger partial charge in [-0.25, -0.2) is 0 Å². The van der Waals surface area contributed by atoms with E-state index >= 15 is 0 Å². The van der Waals surface area contributed by atoms with Gasteiger partial charge in [-0.2, -0.15) is 0 Å². The third-order valence-corrected chi connectivity index (χ3v) is 9.97. The number of fused-ring (bicyclic) bond motifs is 7. The number of rotatable bonds is 3. The van der Waals surface area contributed by atoms with Crippen molar-refractivity contribution in [3.63, 3.8) is 0 Å². The van der Waals surface area contributed by atoms with E-state index in [1.165, 1.54) is 66.1 Å². The van der Waals surface area contributed by atoms with Gasteiger partial charge in [-0.1, -0.05) is 115 Å². The van der Waals surface area contributed by atoms with E-state index in [0.29, 0.717) is 0 Å². The fraction of sp³-hybridized carbons (Fsp3) is 0.0455. The Morgan fingerprint density at radius 2 is 1.02 bits per heavy atom. The zero-order valence-corrected chi connectivity index (χ0v) is 25.7. The van der Waals surface area contributed by atoms with E-state index < -0.39 is 0 Å². The minimum absolute atomic E-state index is 0.925. The van der Waals surface area contributed by atoms with E-state index in [1.807, 2.05) is 6.07 Å². The lowest BCUT2D eigenvalue weighted by molar-refractivity contribution is 1.01. The Bertz CT molecular complexity index is 2630. The molecule has 3 heteroatoms. The van der Waals surface area contributed by atoms with Crippen molar-refractivity contribution in [1.82, 2.24) is 14.5 Å². The molecule has 2 heterocycles. The molecule has 0 saturated heterocycles. The monoisotopic (exact) mass is 599 g/mol. The van der Waals surface area contributed by atoms with Crippen molar-refractivity contribution in [3.8, 4) is 27.9 Å². The molecule has 1 aliphatic carbocycles. The third kappa shape index (κ3) is 4.13. The van der Waals surface area contributed by atoms with Gasteiger partial charge in [-0.15, -0.1) is 0 Å². The molecule has 0 aliphatic heterocycles. The fourth-order valence-electron chi connectivity index (χ4n) is 7.73. The first-order chi connectivity index (χ1) is 23.3. The normalized spacial score (nSPS) is 12.5. The van der Waals surface area contributed by atoms with E-state index in [1.54, 1.807) is 12.4 Å². The van der Waals surface area contributed by atoms with E-state index in [4.69, 9.17) is 9.97 Å². The molecule has 0 fully saturated rings. The van der Waals surface area contributed by atoms with Crippen molar-refractivity contribution in [2.45, 2.75) is 12.8 Å². The zero-order valence-electron chi connectivity index (χ0n) is 25.7. The van der Waals surface area contributed by atoms with Crippen LogP contribution >= 0.6 is 0 Å². The standard InChI is InChI=1S/C44H29N3/c1-2-8-28(9-3-1)37-18-19-38(44-43(37)45-20-21-46-44)31-15-14-29-22-34-26-35-27-36(17-16-30(35)23-33(34)25-32(29)24-31)47-41-12-6-4-10-39(41)40-11-5-7-13-42(40)47/h1-21,23-24,26-27H,22,25H2. The average Bonchev–Trinajstić information content (AvgIpc) is 3.47. The summed E-state index contributed by atoms with van der Waals surface area (Å²) >= 11 is 0. The van der Waals surface area contributed by atoms with Gasteiger partial charge in [0.15, 0.2) is 0 Å². The number of hydrogen-bond donors (Lipinski definition) is 0. The molecule has 1 aliphatic rings. The Morgan fingerprint density at radius 3 is 1.74 bits per heavy atom. The molecule has 0 spiro atoms. The minimum Gasteiger partial charge on any atom is -0.309 e. The number of para-hydroxylation sites is 2. The molecule has 7 aromatic carbocycles. The molecule has 0 bridgehead atoms. The van der Waals surface area contributed by atoms with Crippen molar-refractivity contribution in [3.05, 3.63) is 174 Å². The molecule has 3 nitrogen and oxygen atoms in total. The molecule has 0 amide bonds. The molecule has 0 saturated carbocycles. The fourth-order valence-corrected chi connectivity index (χ4v) is 7.73. The number of aromatic nitrogens is 3. The van der Waals surface area contributed by atoms with Crippen LogP contribution in [0, 0.1) is 0 Å². The van der Waals surface area contributed by atoms with Crippen LogP contribution in [0.1, 0.15) is 22.3 Å². The number of nitrogens with zero attached hydrogens (tertiary/aromatic N) is 3. The van der Waals surface area contributed by atoms with Crippen LogP contribution in [-0.4, -0.2) is 14.5 Å². The topological polar surface area (TPSA) is 30.7 Å². The zero-order chi connectivity index (χ0) is 30.9. The second kappa shape index (κ2) is 10.2. The molecule has 220 valence electrons. The van der Waals surface area contributed by atoms with Crippen LogP contribution in [0.4, 0.5) is 0 Å². The third-order valence-electron chi connectivity index (χ3n) is 9.97. The second-order valence-corrected chi connectivity index (χ2v) is 12.6. The Morgan fingerprint density at radius 1 is 0.426 bits per heavy atom. The van der Waals surface area contributed by atoms with Crippen molar-refractivity contribution in [2.24, 2.45) is 0 Å². The first-order valence-corrected chi connectivity index (χ1v) is 16.2. The van der Waals surface area contributed by atoms with Crippen LogP contribution in [-0.2, 0) is 12.8 Å². The maximum Gasteiger partial charge on any atom is 0.0971 e. The summed E-state index contributed by atoms with van der Waals surface area (Å²) in [5, 5.41) is 5.14. The van der Waals surface area contributed by atoms with Crippen LogP contribution in [0.15, 0.2) is 152 Å². The smallest absolute Gasteiger partial charge is 0.0971 e. The van der Waals surface area contributed by atoms with Gasteiger partial charge in [-0.05, 0) is 81.3 Å². The van der Waals surface area contributed by atoms with Crippen LogP contribution in [0.3, 0.4) is 0 Å². The molecular formula is C44H29N3. The maximum atomic E-state index is 4.82. The SMILES string of the molecule is c1ccc(-c2ccc(-c3ccc4c(c3)Cc3cc5ccc(-n6c7ccccc7c7ccccc76)cc5cc3C4)c3nccnc23)cc1. The highest BCUT2D eigenvalue weighted by atomic mass is 15.0. The highest BCUT2D eigenvalue weighted by Gasteiger charge is 2.19. The van der Waals surface area contributed by atoms with Crippen molar-refractivity contribution in [1.29, 1.82) is 0 Å². The molecule has 0 radical (unpaired) electrons. The van der Waals surface area contributed by atoms with Gasteiger partial charge in [0.2, 0.25) is 0 Å². The molecule has 47 heavy (non-hydrogen) atoms. The highest BCUT2D eigenvalue weighted by molar-refractivity contribution is 6.09. The Labute approximate surface area is 272 Å². The van der Waals surface area contributed by atoms with Gasteiger partial charge in [0.25, 0.3) is 0 Å². The summed E-state index contributed by atoms with van der Waals surface area (Å²) < 4.78 is 2.40. The maximum absolute atomic E-state index is 4.82. The summed E-state index contributed by atoms with van der Waals surface area (Å²) in [4.78, 5) is 9.60. The average molecular weight is 600 g/mol. The number of hydrogen-bond acceptors (Lipinski definition) is 2. The van der Waals surface area contributed by atoms with Gasteiger partial charge >= 0.3 is 0 Å². The lowest BCUT2D eigenvalue weighted by Crippen LogP contribution is -2.08. The van der Waals surface area contributed by atoms with Crippen LogP contribution in [0.2, 0.25) is 0 Å². The lowest BCUT2D eigenvalue weighted by Gasteiger charge is -2.22. The molecule has 0 N–H and O–H groups in total. The van der Waals surface area contributed by atoms with E-state index in [0.717, 1.165) is 40.6 Å². The summed E-state index contributed by atoms with van der Waals surface area (Å²) in [6.45, 7) is 0. The summed E-state index contributed by atoms with van der Waals surface area (Å²) in [6.07, 6.45) is 5.45. The van der Waals surface area contributed by atoms with Gasteiger partial charge in [-0.3, -0.25) is 9.97 Å². The quantitative estimate of drug-likeness (QED) is 0.202. The van der Waals surface area contributed by atoms with Gasteiger partial charge in [0, 0.05) is 40.0 Å². The number of benzene rings is 7. The molecule has 2 aromatic heterocycles. The Balaban J connectivity index is 1.03. The first-order valence-electron chi connectivity index (χ1n) is 16.2. The van der Waals surface area contributed by atoms with Crippen molar-refractivity contribution < 1.29 is 0 Å². The van der Waals surface area contributed by atoms with E-state index in [2.05, 4.69) is 138 Å². The molecule has 10 rings (SSSR count). The van der Waals surface area contributed by atoms with Crippen molar-refractivity contribution >= 4 is 43.6 Å². The molecule has 9 aromatic rings. The minimum atomic E-state index is 0.925. The second-order valence-electron chi connectivity index (χ2n) is 12.6. The molecular weight excluding hydrogens is 571 g/mol. The van der Waals surface area contributed by atoms with Crippen LogP contribution < -0.4 is 0 Å². The van der Waals surface area contributed by atoms with Crippen LogP contribution in [0.5, 0.6) is 0 Å². The molecule has 0 atom stereocenters. The Kier molecular flexibility index (Phi) is 5.70. The lowest BCUT2D eigenvalue weighted by atomic mass is 9.83. The first kappa shape index (κ1) is 26.2. The predicted molar refractivity (Wildman–Crippen MR) is 194 cm³/mol. The Hall–Kier alpha value is -6.06. The highest BCUT2D eigenvalue weighted by Crippen LogP contribution is 2.38. The largest absolute Gasteiger partial charge is 0.309 e. The van der Waals surface area contributed by atoms with Crippen LogP contribution in [0.25, 0.3) is 71.6 Å². The van der Waals surface area contributed by atoms with Gasteiger partial charge in [0.05, 0.1) is 22.1 Å². The summed E-state index contributed by atoms with van der Waals surface area (Å²) in [5.41, 5.74) is 15.7. The van der Waals surface area contributed by atoms with Crippen molar-refractivity contribution in [2.75, 3.05) is 0 Å². The predicted octanol–water partition coefficient (Wildman–Crippen LogP) is 10.7. The van der Waals surface area contributed by atoms with Gasteiger partial charge in [0.1, 0.15) is 0 Å². The summed E-state index contributed by atoms with van der Waals surface area (Å²) in [6, 6.07) is 51.0. The van der Waals surface area contributed by atoms with E-state index in [-0.39, 0.29) is 0 Å². The molecule has 0 unspecified atom stereocenters. The summed E-state index contributed by atoms with van der Waals surface area (Å²) in [7, 11) is 0.